The molecule has 0 amide bonds. The highest BCUT2D eigenvalue weighted by Gasteiger charge is 2.35. The highest BCUT2D eigenvalue weighted by molar-refractivity contribution is 9.10. The van der Waals surface area contributed by atoms with Crippen molar-refractivity contribution < 1.29 is 14.9 Å². The van der Waals surface area contributed by atoms with E-state index in [1.54, 1.807) is 0 Å². The Morgan fingerprint density at radius 1 is 1.59 bits per heavy atom. The number of H-pyrrole nitrogens is 1. The lowest BCUT2D eigenvalue weighted by atomic mass is 10.2. The molecule has 0 aliphatic carbocycles. The summed E-state index contributed by atoms with van der Waals surface area (Å²) in [5.41, 5.74) is -1.14. The number of nitrogens with one attached hydrogen (secondary N) is 1. The summed E-state index contributed by atoms with van der Waals surface area (Å²) in [6.07, 6.45) is -0.745. The van der Waals surface area contributed by atoms with Crippen LogP contribution in [0, 0.1) is 0 Å². The first-order chi connectivity index (χ1) is 8.02. The van der Waals surface area contributed by atoms with Gasteiger partial charge in [-0.05, 0) is 15.9 Å². The Balaban J connectivity index is 2.34. The van der Waals surface area contributed by atoms with E-state index in [1.165, 1.54) is 10.8 Å². The summed E-state index contributed by atoms with van der Waals surface area (Å²) in [7, 11) is 0. The summed E-state index contributed by atoms with van der Waals surface area (Å²) < 4.78 is 6.67. The SMILES string of the molecule is O=c1[nH]c(=O)n([C@H]2C[C@H](O)[C@@H](CO)O2)cc1[76Br]. The van der Waals surface area contributed by atoms with E-state index >= 15 is 0 Å². The number of hydrogen-bond donors (Lipinski definition) is 3. The molecule has 2 rings (SSSR count). The Morgan fingerprint density at radius 3 is 2.88 bits per heavy atom. The standard InChI is InChI=1S/C9H11BrN2O5/c10-4-2-12(9(16)11-8(4)15)7-1-5(14)6(3-13)17-7/h2,5-7,13-14H,1,3H2,(H,11,15,16)/t5-,6+,7+/m0/s1/i10-4. The predicted molar refractivity (Wildman–Crippen MR) is 60.6 cm³/mol. The van der Waals surface area contributed by atoms with Crippen LogP contribution < -0.4 is 11.2 Å². The smallest absolute Gasteiger partial charge is 0.330 e. The van der Waals surface area contributed by atoms with E-state index in [9.17, 15) is 14.7 Å². The van der Waals surface area contributed by atoms with E-state index in [-0.39, 0.29) is 17.5 Å². The Bertz CT molecular complexity index is 525. The van der Waals surface area contributed by atoms with Crippen LogP contribution in [-0.4, -0.2) is 38.6 Å². The van der Waals surface area contributed by atoms with Crippen LogP contribution in [0.4, 0.5) is 0 Å². The van der Waals surface area contributed by atoms with Crippen LogP contribution in [0.2, 0.25) is 0 Å². The zero-order valence-electron chi connectivity index (χ0n) is 8.67. The average Bonchev–Trinajstić information content (AvgIpc) is 2.65. The van der Waals surface area contributed by atoms with Gasteiger partial charge >= 0.3 is 5.69 Å². The van der Waals surface area contributed by atoms with Gasteiger partial charge in [0.1, 0.15) is 12.3 Å². The van der Waals surface area contributed by atoms with Crippen LogP contribution in [-0.2, 0) is 4.74 Å². The van der Waals surface area contributed by atoms with Crippen LogP contribution in [0.1, 0.15) is 12.6 Å². The van der Waals surface area contributed by atoms with Gasteiger partial charge in [0.05, 0.1) is 17.2 Å². The molecule has 1 aromatic heterocycles. The lowest BCUT2D eigenvalue weighted by Crippen LogP contribution is -2.32. The maximum absolute atomic E-state index is 11.5. The molecule has 3 atom stereocenters. The quantitative estimate of drug-likeness (QED) is 0.646. The summed E-state index contributed by atoms with van der Waals surface area (Å²) in [5, 5.41) is 18.5. The van der Waals surface area contributed by atoms with Gasteiger partial charge < -0.3 is 14.9 Å². The number of halogens is 1. The molecule has 2 heterocycles. The van der Waals surface area contributed by atoms with E-state index in [0.717, 1.165) is 0 Å². The number of aliphatic hydroxyl groups excluding tert-OH is 2. The van der Waals surface area contributed by atoms with E-state index < -0.39 is 29.7 Å². The second kappa shape index (κ2) is 4.73. The lowest BCUT2D eigenvalue weighted by Gasteiger charge is -2.14. The van der Waals surface area contributed by atoms with Gasteiger partial charge in [0.25, 0.3) is 5.56 Å². The van der Waals surface area contributed by atoms with Crippen LogP contribution in [0.3, 0.4) is 0 Å². The van der Waals surface area contributed by atoms with Gasteiger partial charge in [-0.1, -0.05) is 0 Å². The highest BCUT2D eigenvalue weighted by atomic mass is 75.9. The minimum atomic E-state index is -0.831. The van der Waals surface area contributed by atoms with E-state index in [0.29, 0.717) is 0 Å². The van der Waals surface area contributed by atoms with Crippen molar-refractivity contribution in [2.45, 2.75) is 24.9 Å². The van der Waals surface area contributed by atoms with Crippen LogP contribution in [0.15, 0.2) is 20.3 Å². The molecule has 3 N–H and O–H groups in total. The number of ether oxygens (including phenoxy) is 1. The Hall–Kier alpha value is -0.960. The van der Waals surface area contributed by atoms with Gasteiger partial charge in [0, 0.05) is 12.6 Å². The number of aromatic nitrogens is 2. The first-order valence-corrected chi connectivity index (χ1v) is 5.77. The minimum Gasteiger partial charge on any atom is -0.394 e. The van der Waals surface area contributed by atoms with Crippen molar-refractivity contribution >= 4 is 15.9 Å². The number of aliphatic hydroxyl groups is 2. The van der Waals surface area contributed by atoms with Crippen molar-refractivity contribution in [3.8, 4) is 0 Å². The molecule has 1 fully saturated rings. The molecular formula is C9H11BrN2O5. The fourth-order valence-corrected chi connectivity index (χ4v) is 2.04. The molecule has 8 heteroatoms. The molecule has 0 radical (unpaired) electrons. The molecule has 1 saturated heterocycles. The molecule has 0 aromatic carbocycles. The fraction of sp³-hybridized carbons (Fsp3) is 0.556. The Morgan fingerprint density at radius 2 is 2.29 bits per heavy atom. The molecule has 0 unspecified atom stereocenters. The summed E-state index contributed by atoms with van der Waals surface area (Å²) in [6.45, 7) is -0.322. The van der Waals surface area contributed by atoms with E-state index in [4.69, 9.17) is 9.84 Å². The number of hydrogen-bond acceptors (Lipinski definition) is 5. The lowest BCUT2D eigenvalue weighted by molar-refractivity contribution is -0.0459. The minimum absolute atomic E-state index is 0.184. The number of nitrogens with zero attached hydrogens (tertiary/aromatic N) is 1. The maximum Gasteiger partial charge on any atom is 0.330 e. The third-order valence-corrected chi connectivity index (χ3v) is 3.18. The molecule has 94 valence electrons. The zero-order chi connectivity index (χ0) is 12.6. The molecule has 7 nitrogen and oxygen atoms in total. The number of rotatable bonds is 2. The first kappa shape index (κ1) is 12.5. The summed E-state index contributed by atoms with van der Waals surface area (Å²) in [6, 6.07) is 0. The molecule has 1 aliphatic heterocycles. The highest BCUT2D eigenvalue weighted by Crippen LogP contribution is 2.27. The maximum atomic E-state index is 11.5. The van der Waals surface area contributed by atoms with Gasteiger partial charge in [0.15, 0.2) is 0 Å². The molecule has 1 aromatic rings. The molecule has 0 saturated carbocycles. The molecule has 0 spiro atoms. The van der Waals surface area contributed by atoms with Crippen molar-refractivity contribution in [1.82, 2.24) is 9.55 Å². The Kier molecular flexibility index (Phi) is 3.48. The van der Waals surface area contributed by atoms with Crippen LogP contribution in [0.5, 0.6) is 0 Å². The van der Waals surface area contributed by atoms with Gasteiger partial charge in [-0.3, -0.25) is 14.3 Å². The third kappa shape index (κ3) is 2.34. The summed E-state index contributed by atoms with van der Waals surface area (Å²) in [5.74, 6) is 0. The van der Waals surface area contributed by atoms with Crippen LogP contribution >= 0.6 is 15.9 Å². The van der Waals surface area contributed by atoms with Crippen molar-refractivity contribution in [2.24, 2.45) is 0 Å². The monoisotopic (exact) mass is 303 g/mol. The van der Waals surface area contributed by atoms with E-state index in [2.05, 4.69) is 20.9 Å². The normalized spacial score (nSPS) is 28.5. The van der Waals surface area contributed by atoms with E-state index in [1.807, 2.05) is 0 Å². The first-order valence-electron chi connectivity index (χ1n) is 4.98. The largest absolute Gasteiger partial charge is 0.394 e. The van der Waals surface area contributed by atoms with Crippen molar-refractivity contribution in [3.63, 3.8) is 0 Å². The summed E-state index contributed by atoms with van der Waals surface area (Å²) >= 11 is 3.00. The van der Waals surface area contributed by atoms with Crippen molar-refractivity contribution in [3.05, 3.63) is 31.5 Å². The van der Waals surface area contributed by atoms with Gasteiger partial charge in [-0.15, -0.1) is 0 Å². The predicted octanol–water partition coefficient (Wildman–Crippen LogP) is -1.06. The molecule has 0 bridgehead atoms. The average molecular weight is 303 g/mol. The van der Waals surface area contributed by atoms with Crippen molar-refractivity contribution in [1.29, 1.82) is 0 Å². The molecule has 1 aliphatic rings. The second-order valence-electron chi connectivity index (χ2n) is 3.76. The van der Waals surface area contributed by atoms with Crippen LogP contribution in [0.25, 0.3) is 0 Å². The van der Waals surface area contributed by atoms with Gasteiger partial charge in [-0.25, -0.2) is 4.79 Å². The zero-order valence-corrected chi connectivity index (χ0v) is 10.3. The topological polar surface area (TPSA) is 105 Å². The van der Waals surface area contributed by atoms with Crippen molar-refractivity contribution in [2.75, 3.05) is 6.61 Å². The molecular weight excluding hydrogens is 292 g/mol. The van der Waals surface area contributed by atoms with Gasteiger partial charge in [0.2, 0.25) is 0 Å². The Labute approximate surface area is 104 Å². The van der Waals surface area contributed by atoms with Gasteiger partial charge in [-0.2, -0.15) is 0 Å². The summed E-state index contributed by atoms with van der Waals surface area (Å²) in [4.78, 5) is 24.8. The molecule has 17 heavy (non-hydrogen) atoms. The third-order valence-electron chi connectivity index (χ3n) is 2.62. The second-order valence-corrected chi connectivity index (χ2v) is 4.61. The number of aromatic amines is 1. The fourth-order valence-electron chi connectivity index (χ4n) is 1.72.